The third-order valence-electron chi connectivity index (χ3n) is 4.65. The smallest absolute Gasteiger partial charge is 0.272 e. The maximum absolute atomic E-state index is 12.6. The van der Waals surface area contributed by atoms with Crippen LogP contribution in [0.4, 0.5) is 0 Å². The van der Waals surface area contributed by atoms with Crippen molar-refractivity contribution in [2.24, 2.45) is 0 Å². The molecule has 1 amide bonds. The molecule has 4 aromatic rings. The van der Waals surface area contributed by atoms with E-state index in [0.29, 0.717) is 12.2 Å². The molecule has 0 unspecified atom stereocenters. The first-order valence-electron chi connectivity index (χ1n) is 8.88. The van der Waals surface area contributed by atoms with Gasteiger partial charge in [0.25, 0.3) is 5.91 Å². The Morgan fingerprint density at radius 1 is 1.15 bits per heavy atom. The number of H-pyrrole nitrogens is 1. The van der Waals surface area contributed by atoms with E-state index in [9.17, 15) is 4.79 Å². The molecule has 0 spiro atoms. The standard InChI is InChI=1S/C21H21N5O/c1-14-6-7-19-18(10-14)20(25-24-19)21(27)23-12-16-4-3-5-17(11-16)13-26-9-8-22-15(26)2/h3-11H,12-13H2,1-2H3,(H,23,27)(H,24,25). The summed E-state index contributed by atoms with van der Waals surface area (Å²) in [6.45, 7) is 5.20. The maximum atomic E-state index is 12.6. The van der Waals surface area contributed by atoms with Gasteiger partial charge in [-0.05, 0) is 37.1 Å². The third-order valence-corrected chi connectivity index (χ3v) is 4.65. The predicted octanol–water partition coefficient (Wildman–Crippen LogP) is 3.35. The maximum Gasteiger partial charge on any atom is 0.272 e. The third kappa shape index (κ3) is 3.60. The van der Waals surface area contributed by atoms with Crippen molar-refractivity contribution in [3.8, 4) is 0 Å². The number of aromatic amines is 1. The van der Waals surface area contributed by atoms with Gasteiger partial charge >= 0.3 is 0 Å². The Balaban J connectivity index is 1.46. The van der Waals surface area contributed by atoms with Gasteiger partial charge in [-0.1, -0.05) is 35.9 Å². The van der Waals surface area contributed by atoms with Crippen molar-refractivity contribution >= 4 is 16.8 Å². The fourth-order valence-corrected chi connectivity index (χ4v) is 3.17. The van der Waals surface area contributed by atoms with Crippen LogP contribution in [-0.4, -0.2) is 25.7 Å². The lowest BCUT2D eigenvalue weighted by Gasteiger charge is -2.08. The topological polar surface area (TPSA) is 75.6 Å². The summed E-state index contributed by atoms with van der Waals surface area (Å²) in [6.07, 6.45) is 3.77. The number of nitrogens with one attached hydrogen (secondary N) is 2. The highest BCUT2D eigenvalue weighted by molar-refractivity contribution is 6.04. The van der Waals surface area contributed by atoms with E-state index in [-0.39, 0.29) is 5.91 Å². The van der Waals surface area contributed by atoms with Gasteiger partial charge in [-0.2, -0.15) is 5.10 Å². The lowest BCUT2D eigenvalue weighted by atomic mass is 10.1. The lowest BCUT2D eigenvalue weighted by Crippen LogP contribution is -2.23. The van der Waals surface area contributed by atoms with Gasteiger partial charge in [0.1, 0.15) is 5.82 Å². The van der Waals surface area contributed by atoms with Gasteiger partial charge in [-0.15, -0.1) is 0 Å². The minimum absolute atomic E-state index is 0.178. The SMILES string of the molecule is Cc1ccc2[nH]nc(C(=O)NCc3cccc(Cn4ccnc4C)c3)c2c1. The molecule has 0 atom stereocenters. The molecule has 4 rings (SSSR count). The Morgan fingerprint density at radius 3 is 2.81 bits per heavy atom. The molecule has 2 aromatic carbocycles. The van der Waals surface area contributed by atoms with Crippen LogP contribution in [0.25, 0.3) is 10.9 Å². The molecule has 0 saturated carbocycles. The van der Waals surface area contributed by atoms with Crippen LogP contribution in [0.1, 0.15) is 33.0 Å². The molecule has 0 aliphatic heterocycles. The fraction of sp³-hybridized carbons (Fsp3) is 0.190. The minimum atomic E-state index is -0.178. The van der Waals surface area contributed by atoms with E-state index in [2.05, 4.69) is 37.2 Å². The normalized spacial score (nSPS) is 11.0. The van der Waals surface area contributed by atoms with E-state index >= 15 is 0 Å². The van der Waals surface area contributed by atoms with Crippen LogP contribution in [0.15, 0.2) is 54.9 Å². The summed E-state index contributed by atoms with van der Waals surface area (Å²) in [7, 11) is 0. The Labute approximate surface area is 157 Å². The highest BCUT2D eigenvalue weighted by Gasteiger charge is 2.14. The van der Waals surface area contributed by atoms with Gasteiger partial charge in [-0.3, -0.25) is 9.89 Å². The van der Waals surface area contributed by atoms with E-state index in [0.717, 1.165) is 34.4 Å². The number of carbonyl (C=O) groups is 1. The number of aromatic nitrogens is 4. The second kappa shape index (κ2) is 7.07. The van der Waals surface area contributed by atoms with Crippen LogP contribution in [0.3, 0.4) is 0 Å². The predicted molar refractivity (Wildman–Crippen MR) is 105 cm³/mol. The molecule has 0 radical (unpaired) electrons. The highest BCUT2D eigenvalue weighted by atomic mass is 16.1. The number of imidazole rings is 1. The Morgan fingerprint density at radius 2 is 2.00 bits per heavy atom. The van der Waals surface area contributed by atoms with Crippen LogP contribution in [0.2, 0.25) is 0 Å². The summed E-state index contributed by atoms with van der Waals surface area (Å²) >= 11 is 0. The Kier molecular flexibility index (Phi) is 4.46. The van der Waals surface area contributed by atoms with Gasteiger partial charge in [0.2, 0.25) is 0 Å². The summed E-state index contributed by atoms with van der Waals surface area (Å²) < 4.78 is 2.09. The molecule has 0 saturated heterocycles. The molecule has 6 heteroatoms. The van der Waals surface area contributed by atoms with Crippen molar-refractivity contribution in [3.05, 3.63) is 83.1 Å². The zero-order chi connectivity index (χ0) is 18.8. The Hall–Kier alpha value is -3.41. The van der Waals surface area contributed by atoms with E-state index in [1.54, 1.807) is 6.20 Å². The molecule has 6 nitrogen and oxygen atoms in total. The quantitative estimate of drug-likeness (QED) is 0.574. The molecular formula is C21H21N5O. The number of nitrogens with zero attached hydrogens (tertiary/aromatic N) is 3. The molecular weight excluding hydrogens is 338 g/mol. The summed E-state index contributed by atoms with van der Waals surface area (Å²) in [5.74, 6) is 0.803. The molecule has 27 heavy (non-hydrogen) atoms. The lowest BCUT2D eigenvalue weighted by molar-refractivity contribution is 0.0947. The molecule has 136 valence electrons. The first-order chi connectivity index (χ1) is 13.1. The minimum Gasteiger partial charge on any atom is -0.347 e. The van der Waals surface area contributed by atoms with Crippen LogP contribution in [-0.2, 0) is 13.1 Å². The van der Waals surface area contributed by atoms with E-state index in [1.807, 2.05) is 50.4 Å². The number of hydrogen-bond donors (Lipinski definition) is 2. The molecule has 2 heterocycles. The number of amides is 1. The number of carbonyl (C=O) groups excluding carboxylic acids is 1. The van der Waals surface area contributed by atoms with Crippen molar-refractivity contribution in [1.82, 2.24) is 25.1 Å². The molecule has 2 N–H and O–H groups in total. The van der Waals surface area contributed by atoms with E-state index in [4.69, 9.17) is 0 Å². The van der Waals surface area contributed by atoms with Gasteiger partial charge in [0.15, 0.2) is 5.69 Å². The fourth-order valence-electron chi connectivity index (χ4n) is 3.17. The van der Waals surface area contributed by atoms with Gasteiger partial charge < -0.3 is 9.88 Å². The highest BCUT2D eigenvalue weighted by Crippen LogP contribution is 2.17. The van der Waals surface area contributed by atoms with Crippen molar-refractivity contribution in [3.63, 3.8) is 0 Å². The average molecular weight is 359 g/mol. The molecule has 0 aliphatic carbocycles. The van der Waals surface area contributed by atoms with E-state index in [1.165, 1.54) is 5.56 Å². The molecule has 0 bridgehead atoms. The number of hydrogen-bond acceptors (Lipinski definition) is 3. The average Bonchev–Trinajstić information content (AvgIpc) is 3.26. The number of aryl methyl sites for hydroxylation is 2. The van der Waals surface area contributed by atoms with Crippen LogP contribution in [0.5, 0.6) is 0 Å². The first kappa shape index (κ1) is 17.0. The zero-order valence-corrected chi connectivity index (χ0v) is 15.4. The van der Waals surface area contributed by atoms with Crippen LogP contribution >= 0.6 is 0 Å². The van der Waals surface area contributed by atoms with Gasteiger partial charge in [0.05, 0.1) is 5.52 Å². The van der Waals surface area contributed by atoms with E-state index < -0.39 is 0 Å². The van der Waals surface area contributed by atoms with Crippen molar-refractivity contribution in [2.45, 2.75) is 26.9 Å². The molecule has 2 aromatic heterocycles. The monoisotopic (exact) mass is 359 g/mol. The first-order valence-corrected chi connectivity index (χ1v) is 8.88. The number of fused-ring (bicyclic) bond motifs is 1. The van der Waals surface area contributed by atoms with Gasteiger partial charge in [0, 0.05) is 30.9 Å². The largest absolute Gasteiger partial charge is 0.347 e. The number of benzene rings is 2. The summed E-state index contributed by atoms with van der Waals surface area (Å²) in [6, 6.07) is 14.1. The number of rotatable bonds is 5. The van der Waals surface area contributed by atoms with Gasteiger partial charge in [-0.25, -0.2) is 4.98 Å². The molecule has 0 fully saturated rings. The summed E-state index contributed by atoms with van der Waals surface area (Å²) in [4.78, 5) is 16.8. The second-order valence-corrected chi connectivity index (χ2v) is 6.73. The van der Waals surface area contributed by atoms with Crippen LogP contribution in [0, 0.1) is 13.8 Å². The van der Waals surface area contributed by atoms with Crippen LogP contribution < -0.4 is 5.32 Å². The Bertz CT molecular complexity index is 1110. The van der Waals surface area contributed by atoms with Crippen molar-refractivity contribution in [2.75, 3.05) is 0 Å². The zero-order valence-electron chi connectivity index (χ0n) is 15.4. The van der Waals surface area contributed by atoms with Crippen molar-refractivity contribution < 1.29 is 4.79 Å². The summed E-state index contributed by atoms with van der Waals surface area (Å²) in [5, 5.41) is 10.9. The molecule has 0 aliphatic rings. The van der Waals surface area contributed by atoms with Crippen molar-refractivity contribution in [1.29, 1.82) is 0 Å². The second-order valence-electron chi connectivity index (χ2n) is 6.73. The summed E-state index contributed by atoms with van der Waals surface area (Å²) in [5.41, 5.74) is 4.61.